The van der Waals surface area contributed by atoms with Gasteiger partial charge in [-0.3, -0.25) is 14.5 Å². The highest BCUT2D eigenvalue weighted by Gasteiger charge is 2.39. The quantitative estimate of drug-likeness (QED) is 0.658. The van der Waals surface area contributed by atoms with E-state index in [0.29, 0.717) is 11.0 Å². The lowest BCUT2D eigenvalue weighted by Gasteiger charge is -2.16. The van der Waals surface area contributed by atoms with Crippen LogP contribution in [0, 0.1) is 11.6 Å². The molecule has 1 N–H and O–H groups in total. The zero-order valence-corrected chi connectivity index (χ0v) is 9.44. The van der Waals surface area contributed by atoms with Crippen molar-refractivity contribution >= 4 is 23.3 Å². The van der Waals surface area contributed by atoms with E-state index in [0.717, 1.165) is 6.07 Å². The maximum absolute atomic E-state index is 13.6. The van der Waals surface area contributed by atoms with Crippen LogP contribution in [0.3, 0.4) is 0 Å². The van der Waals surface area contributed by atoms with Crippen molar-refractivity contribution in [3.63, 3.8) is 0 Å². The molecule has 0 unspecified atom stereocenters. The number of hydrogen-bond acceptors (Lipinski definition) is 3. The highest BCUT2D eigenvalue weighted by atomic mass is 19.1. The number of aliphatic carboxylic acids is 1. The summed E-state index contributed by atoms with van der Waals surface area (Å²) in [6.45, 7) is 2.65. The summed E-state index contributed by atoms with van der Waals surface area (Å²) in [6, 6.07) is 1.25. The minimum atomic E-state index is -1.38. The van der Waals surface area contributed by atoms with Crippen LogP contribution in [0.5, 0.6) is 0 Å². The Labute approximate surface area is 105 Å². The first-order valence-corrected chi connectivity index (χ1v) is 5.09. The van der Waals surface area contributed by atoms with Gasteiger partial charge in [0.05, 0.1) is 17.8 Å². The Bertz CT molecular complexity index is 639. The number of carboxylic acids is 1. The number of fused-ring (bicyclic) bond motifs is 1. The molecule has 0 aliphatic carbocycles. The molecule has 5 nitrogen and oxygen atoms in total. The second-order valence-electron chi connectivity index (χ2n) is 3.91. The maximum Gasteiger partial charge on any atom is 0.332 e. The van der Waals surface area contributed by atoms with Crippen molar-refractivity contribution in [3.05, 3.63) is 41.5 Å². The van der Waals surface area contributed by atoms with Gasteiger partial charge < -0.3 is 5.11 Å². The van der Waals surface area contributed by atoms with Crippen LogP contribution >= 0.6 is 0 Å². The third kappa shape index (κ3) is 1.99. The number of anilines is 1. The lowest BCUT2D eigenvalue weighted by molar-refractivity contribution is -0.132. The van der Waals surface area contributed by atoms with Crippen LogP contribution in [0.4, 0.5) is 14.5 Å². The number of carbonyl (C=O) groups excluding carboxylic acids is 2. The molecule has 98 valence electrons. The van der Waals surface area contributed by atoms with Gasteiger partial charge in [0.25, 0.3) is 11.7 Å². The summed E-state index contributed by atoms with van der Waals surface area (Å²) in [6.07, 6.45) is 0. The molecule has 1 amide bonds. The average molecular weight is 267 g/mol. The first-order valence-electron chi connectivity index (χ1n) is 5.09. The molecule has 1 heterocycles. The van der Waals surface area contributed by atoms with Crippen LogP contribution in [-0.2, 0) is 9.59 Å². The summed E-state index contributed by atoms with van der Waals surface area (Å²) in [4.78, 5) is 34.5. The predicted molar refractivity (Wildman–Crippen MR) is 59.8 cm³/mol. The van der Waals surface area contributed by atoms with E-state index in [1.165, 1.54) is 0 Å². The Balaban J connectivity index is 2.50. The van der Waals surface area contributed by atoms with Crippen LogP contribution in [0.1, 0.15) is 10.4 Å². The second-order valence-corrected chi connectivity index (χ2v) is 3.91. The summed E-state index contributed by atoms with van der Waals surface area (Å²) in [5, 5.41) is 8.68. The predicted octanol–water partition coefficient (Wildman–Crippen LogP) is 1.13. The van der Waals surface area contributed by atoms with Crippen molar-refractivity contribution in [1.29, 1.82) is 0 Å². The van der Waals surface area contributed by atoms with E-state index in [1.54, 1.807) is 0 Å². The summed E-state index contributed by atoms with van der Waals surface area (Å²) < 4.78 is 26.6. The van der Waals surface area contributed by atoms with Gasteiger partial charge in [0.15, 0.2) is 5.82 Å². The van der Waals surface area contributed by atoms with Gasteiger partial charge in [0.1, 0.15) is 5.82 Å². The first-order chi connectivity index (χ1) is 8.82. The maximum atomic E-state index is 13.6. The largest absolute Gasteiger partial charge is 0.478 e. The Kier molecular flexibility index (Phi) is 2.89. The van der Waals surface area contributed by atoms with Gasteiger partial charge in [-0.2, -0.15) is 0 Å². The number of carbonyl (C=O) groups is 3. The molecule has 0 radical (unpaired) electrons. The van der Waals surface area contributed by atoms with Crippen molar-refractivity contribution in [1.82, 2.24) is 0 Å². The van der Waals surface area contributed by atoms with Crippen molar-refractivity contribution in [2.24, 2.45) is 0 Å². The average Bonchev–Trinajstić information content (AvgIpc) is 2.54. The number of hydrogen-bond donors (Lipinski definition) is 1. The molecule has 0 bridgehead atoms. The molecule has 1 aliphatic heterocycles. The van der Waals surface area contributed by atoms with E-state index in [9.17, 15) is 23.2 Å². The lowest BCUT2D eigenvalue weighted by atomic mass is 10.1. The molecule has 1 aromatic carbocycles. The van der Waals surface area contributed by atoms with E-state index in [2.05, 4.69) is 6.58 Å². The topological polar surface area (TPSA) is 74.7 Å². The summed E-state index contributed by atoms with van der Waals surface area (Å²) in [5.41, 5.74) is -1.22. The minimum Gasteiger partial charge on any atom is -0.478 e. The molecule has 0 saturated carbocycles. The van der Waals surface area contributed by atoms with Gasteiger partial charge in [0, 0.05) is 11.6 Å². The summed E-state index contributed by atoms with van der Waals surface area (Å²) in [7, 11) is 0. The number of amides is 1. The normalized spacial score (nSPS) is 13.7. The Morgan fingerprint density at radius 3 is 2.53 bits per heavy atom. The molecule has 1 aliphatic rings. The third-order valence-electron chi connectivity index (χ3n) is 2.63. The number of nitrogens with zero attached hydrogens (tertiary/aromatic N) is 1. The van der Waals surface area contributed by atoms with Crippen molar-refractivity contribution < 1.29 is 28.3 Å². The highest BCUT2D eigenvalue weighted by molar-refractivity contribution is 6.52. The molecule has 0 aromatic heterocycles. The van der Waals surface area contributed by atoms with Crippen molar-refractivity contribution in [3.8, 4) is 0 Å². The SMILES string of the molecule is C=C(CN1C(=O)C(=O)c2cc(F)cc(F)c21)C(=O)O. The van der Waals surface area contributed by atoms with Crippen LogP contribution < -0.4 is 4.90 Å². The molecule has 1 aromatic rings. The first kappa shape index (κ1) is 12.9. The van der Waals surface area contributed by atoms with Crippen LogP contribution in [0.15, 0.2) is 24.3 Å². The Morgan fingerprint density at radius 1 is 1.32 bits per heavy atom. The molecule has 2 rings (SSSR count). The van der Waals surface area contributed by atoms with E-state index < -0.39 is 52.7 Å². The minimum absolute atomic E-state index is 0.391. The Hall–Kier alpha value is -2.57. The third-order valence-corrected chi connectivity index (χ3v) is 2.63. The van der Waals surface area contributed by atoms with E-state index >= 15 is 0 Å². The molecule has 0 saturated heterocycles. The fourth-order valence-corrected chi connectivity index (χ4v) is 1.76. The van der Waals surface area contributed by atoms with Crippen molar-refractivity contribution in [2.45, 2.75) is 0 Å². The molecule has 19 heavy (non-hydrogen) atoms. The molecular weight excluding hydrogens is 260 g/mol. The zero-order chi connectivity index (χ0) is 14.3. The van der Waals surface area contributed by atoms with Gasteiger partial charge in [-0.05, 0) is 6.07 Å². The lowest BCUT2D eigenvalue weighted by Crippen LogP contribution is -2.33. The second kappa shape index (κ2) is 4.27. The molecule has 0 fully saturated rings. The monoisotopic (exact) mass is 267 g/mol. The number of Topliss-reactive ketones (excluding diaryl/α,β-unsaturated/α-hetero) is 1. The van der Waals surface area contributed by atoms with Gasteiger partial charge in [0.2, 0.25) is 0 Å². The smallest absolute Gasteiger partial charge is 0.332 e. The van der Waals surface area contributed by atoms with Crippen molar-refractivity contribution in [2.75, 3.05) is 11.4 Å². The molecule has 0 spiro atoms. The standard InChI is InChI=1S/C12H7F2NO4/c1-5(12(18)19)4-15-9-7(10(16)11(15)17)2-6(13)3-8(9)14/h2-3H,1,4H2,(H,18,19). The van der Waals surface area contributed by atoms with Crippen LogP contribution in [0.25, 0.3) is 0 Å². The number of halogens is 2. The Morgan fingerprint density at radius 2 is 1.95 bits per heavy atom. The molecule has 0 atom stereocenters. The summed E-state index contributed by atoms with van der Waals surface area (Å²) >= 11 is 0. The number of benzene rings is 1. The number of rotatable bonds is 3. The van der Waals surface area contributed by atoms with Crippen LogP contribution in [0.2, 0.25) is 0 Å². The van der Waals surface area contributed by atoms with E-state index in [4.69, 9.17) is 5.11 Å². The molecular formula is C12H7F2NO4. The van der Waals surface area contributed by atoms with Gasteiger partial charge in [-0.1, -0.05) is 6.58 Å². The van der Waals surface area contributed by atoms with Gasteiger partial charge in [-0.15, -0.1) is 0 Å². The number of carboxylic acid groups (broad SMARTS) is 1. The number of ketones is 1. The van der Waals surface area contributed by atoms with Crippen LogP contribution in [-0.4, -0.2) is 29.3 Å². The van der Waals surface area contributed by atoms with E-state index in [-0.39, 0.29) is 0 Å². The fourth-order valence-electron chi connectivity index (χ4n) is 1.76. The zero-order valence-electron chi connectivity index (χ0n) is 9.44. The fraction of sp³-hybridized carbons (Fsp3) is 0.0833. The summed E-state index contributed by atoms with van der Waals surface area (Å²) in [5.74, 6) is -5.66. The van der Waals surface area contributed by atoms with Gasteiger partial charge >= 0.3 is 5.97 Å². The van der Waals surface area contributed by atoms with Gasteiger partial charge in [-0.25, -0.2) is 13.6 Å². The highest BCUT2D eigenvalue weighted by Crippen LogP contribution is 2.32. The van der Waals surface area contributed by atoms with E-state index in [1.807, 2.05) is 0 Å². The molecule has 7 heteroatoms.